The van der Waals surface area contributed by atoms with Crippen molar-refractivity contribution in [2.45, 2.75) is 19.3 Å². The van der Waals surface area contributed by atoms with E-state index in [4.69, 9.17) is 0 Å². The summed E-state index contributed by atoms with van der Waals surface area (Å²) in [6.07, 6.45) is 5.23. The van der Waals surface area contributed by atoms with Gasteiger partial charge in [-0.15, -0.1) is 0 Å². The SMILES string of the molecule is BrCCCCCP(c1ccccc1)c1ccccc1.[B]. The summed E-state index contributed by atoms with van der Waals surface area (Å²) in [6.45, 7) is 0. The third-order valence-electron chi connectivity index (χ3n) is 3.15. The minimum Gasteiger partial charge on any atom is -0.0928 e. The summed E-state index contributed by atoms with van der Waals surface area (Å²) >= 11 is 3.51. The second-order valence-corrected chi connectivity index (χ2v) is 7.70. The minimum atomic E-state index is -0.183. The van der Waals surface area contributed by atoms with Crippen molar-refractivity contribution in [3.05, 3.63) is 60.7 Å². The Hall–Kier alpha value is -0.585. The lowest BCUT2D eigenvalue weighted by atomic mass is 10.3. The van der Waals surface area contributed by atoms with Crippen molar-refractivity contribution in [2.24, 2.45) is 0 Å². The van der Waals surface area contributed by atoms with Gasteiger partial charge in [0.15, 0.2) is 0 Å². The van der Waals surface area contributed by atoms with Gasteiger partial charge < -0.3 is 0 Å². The summed E-state index contributed by atoms with van der Waals surface area (Å²) in [5, 5.41) is 4.13. The molecule has 0 saturated heterocycles. The fourth-order valence-electron chi connectivity index (χ4n) is 2.16. The first kappa shape index (κ1) is 17.5. The highest BCUT2D eigenvalue weighted by Gasteiger charge is 2.12. The molecule has 0 aromatic heterocycles. The van der Waals surface area contributed by atoms with Crippen molar-refractivity contribution in [1.29, 1.82) is 0 Å². The fourth-order valence-corrected chi connectivity index (χ4v) is 4.98. The van der Waals surface area contributed by atoms with E-state index >= 15 is 0 Å². The van der Waals surface area contributed by atoms with Gasteiger partial charge in [-0.05, 0) is 37.5 Å². The van der Waals surface area contributed by atoms with Gasteiger partial charge in [0.25, 0.3) is 0 Å². The van der Waals surface area contributed by atoms with Crippen LogP contribution in [0.4, 0.5) is 0 Å². The zero-order chi connectivity index (χ0) is 13.3. The third-order valence-corrected chi connectivity index (χ3v) is 6.32. The molecule has 0 aliphatic rings. The quantitative estimate of drug-likeness (QED) is 0.304. The smallest absolute Gasteiger partial charge is 0.00313 e. The molecular weight excluding hydrogens is 326 g/mol. The minimum absolute atomic E-state index is 0. The highest BCUT2D eigenvalue weighted by molar-refractivity contribution is 9.09. The average molecular weight is 346 g/mol. The molecule has 0 bridgehead atoms. The van der Waals surface area contributed by atoms with Crippen LogP contribution in [0.15, 0.2) is 60.7 Å². The van der Waals surface area contributed by atoms with Crippen LogP contribution in [0.3, 0.4) is 0 Å². The van der Waals surface area contributed by atoms with Gasteiger partial charge in [-0.25, -0.2) is 0 Å². The van der Waals surface area contributed by atoms with Crippen LogP contribution in [0.25, 0.3) is 0 Å². The maximum atomic E-state index is 3.51. The van der Waals surface area contributed by atoms with Crippen LogP contribution in [0.5, 0.6) is 0 Å². The van der Waals surface area contributed by atoms with E-state index in [1.165, 1.54) is 36.0 Å². The highest BCUT2D eigenvalue weighted by Crippen LogP contribution is 2.34. The Morgan fingerprint density at radius 3 is 1.65 bits per heavy atom. The van der Waals surface area contributed by atoms with E-state index in [1.54, 1.807) is 0 Å². The number of benzene rings is 2. The predicted octanol–water partition coefficient (Wildman–Crippen LogP) is 4.30. The van der Waals surface area contributed by atoms with Crippen molar-refractivity contribution in [1.82, 2.24) is 0 Å². The summed E-state index contributed by atoms with van der Waals surface area (Å²) in [6, 6.07) is 22.0. The van der Waals surface area contributed by atoms with Crippen molar-refractivity contribution < 1.29 is 0 Å². The maximum Gasteiger partial charge on any atom is 0.00313 e. The Balaban J connectivity index is 0.00000200. The molecule has 0 atom stereocenters. The first-order valence-corrected chi connectivity index (χ1v) is 9.50. The van der Waals surface area contributed by atoms with Gasteiger partial charge in [-0.2, -0.15) is 0 Å². The first-order chi connectivity index (χ1) is 9.42. The van der Waals surface area contributed by atoms with Gasteiger partial charge in [0.05, 0.1) is 0 Å². The number of unbranched alkanes of at least 4 members (excludes halogenated alkanes) is 2. The standard InChI is InChI=1S/C17H20BrP.B/c18-14-8-3-9-15-19(16-10-4-1-5-11-16)17-12-6-2-7-13-17;/h1-2,4-7,10-13H,3,8-9,14-15H2;. The molecule has 0 fully saturated rings. The normalized spacial score (nSPS) is 10.3. The van der Waals surface area contributed by atoms with E-state index in [1.807, 2.05) is 0 Å². The summed E-state index contributed by atoms with van der Waals surface area (Å²) in [4.78, 5) is 0. The van der Waals surface area contributed by atoms with Crippen molar-refractivity contribution in [3.8, 4) is 0 Å². The van der Waals surface area contributed by atoms with E-state index in [9.17, 15) is 0 Å². The molecule has 20 heavy (non-hydrogen) atoms. The van der Waals surface area contributed by atoms with Crippen LogP contribution in [-0.2, 0) is 0 Å². The van der Waals surface area contributed by atoms with Crippen LogP contribution in [0, 0.1) is 0 Å². The van der Waals surface area contributed by atoms with Gasteiger partial charge in [0.1, 0.15) is 0 Å². The van der Waals surface area contributed by atoms with E-state index in [2.05, 4.69) is 76.6 Å². The molecule has 0 amide bonds. The van der Waals surface area contributed by atoms with Crippen LogP contribution >= 0.6 is 23.9 Å². The van der Waals surface area contributed by atoms with Crippen LogP contribution in [-0.4, -0.2) is 19.9 Å². The van der Waals surface area contributed by atoms with Crippen molar-refractivity contribution >= 4 is 42.9 Å². The molecule has 0 heterocycles. The molecule has 0 saturated carbocycles. The zero-order valence-electron chi connectivity index (χ0n) is 11.7. The topological polar surface area (TPSA) is 0 Å². The average Bonchev–Trinajstić information content (AvgIpc) is 2.49. The van der Waals surface area contributed by atoms with E-state index < -0.39 is 0 Å². The molecule has 0 nitrogen and oxygen atoms in total. The van der Waals surface area contributed by atoms with Gasteiger partial charge in [-0.3, -0.25) is 0 Å². The second-order valence-electron chi connectivity index (χ2n) is 4.57. The molecule has 2 aromatic rings. The van der Waals surface area contributed by atoms with Crippen LogP contribution in [0.1, 0.15) is 19.3 Å². The monoisotopic (exact) mass is 345 g/mol. The molecule has 0 aliphatic carbocycles. The van der Waals surface area contributed by atoms with Gasteiger partial charge >= 0.3 is 0 Å². The predicted molar refractivity (Wildman–Crippen MR) is 97.3 cm³/mol. The first-order valence-electron chi connectivity index (χ1n) is 6.85. The second kappa shape index (κ2) is 10.2. The lowest BCUT2D eigenvalue weighted by Gasteiger charge is -2.18. The van der Waals surface area contributed by atoms with Crippen LogP contribution < -0.4 is 10.6 Å². The molecule has 0 N–H and O–H groups in total. The van der Waals surface area contributed by atoms with E-state index in [0.29, 0.717) is 0 Å². The van der Waals surface area contributed by atoms with Gasteiger partial charge in [0.2, 0.25) is 0 Å². The Kier molecular flexibility index (Phi) is 8.90. The number of hydrogen-bond donors (Lipinski definition) is 0. The molecule has 2 rings (SSSR count). The Morgan fingerprint density at radius 1 is 0.700 bits per heavy atom. The summed E-state index contributed by atoms with van der Waals surface area (Å²) in [7, 11) is -0.183. The third kappa shape index (κ3) is 5.42. The van der Waals surface area contributed by atoms with Gasteiger partial charge in [0, 0.05) is 13.7 Å². The van der Waals surface area contributed by atoms with E-state index in [0.717, 1.165) is 5.33 Å². The number of hydrogen-bond acceptors (Lipinski definition) is 0. The lowest BCUT2D eigenvalue weighted by molar-refractivity contribution is 0.787. The maximum absolute atomic E-state index is 3.51. The lowest BCUT2D eigenvalue weighted by Crippen LogP contribution is -2.13. The highest BCUT2D eigenvalue weighted by atomic mass is 79.9. The van der Waals surface area contributed by atoms with Crippen molar-refractivity contribution in [3.63, 3.8) is 0 Å². The zero-order valence-corrected chi connectivity index (χ0v) is 14.2. The molecule has 0 aliphatic heterocycles. The summed E-state index contributed by atoms with van der Waals surface area (Å²) in [5.41, 5.74) is 0. The molecule has 0 unspecified atom stereocenters. The Morgan fingerprint density at radius 2 is 1.20 bits per heavy atom. The largest absolute Gasteiger partial charge is 0.0928 e. The molecule has 0 spiro atoms. The van der Waals surface area contributed by atoms with E-state index in [-0.39, 0.29) is 16.3 Å². The number of alkyl halides is 1. The van der Waals surface area contributed by atoms with Gasteiger partial charge in [-0.1, -0.05) is 83.0 Å². The van der Waals surface area contributed by atoms with Crippen molar-refractivity contribution in [2.75, 3.05) is 11.5 Å². The molecule has 103 valence electrons. The summed E-state index contributed by atoms with van der Waals surface area (Å²) < 4.78 is 0. The van der Waals surface area contributed by atoms with Crippen LogP contribution in [0.2, 0.25) is 0 Å². The number of rotatable bonds is 7. The number of halogens is 1. The summed E-state index contributed by atoms with van der Waals surface area (Å²) in [5.74, 6) is 0. The molecular formula is C17H20BBrP. The molecule has 3 heteroatoms. The molecule has 2 aromatic carbocycles. The Bertz CT molecular complexity index is 421. The molecule has 3 radical (unpaired) electrons. The Labute approximate surface area is 134 Å². The fraction of sp³-hybridized carbons (Fsp3) is 0.294.